The third kappa shape index (κ3) is 3.14. The molecule has 0 unspecified atom stereocenters. The average Bonchev–Trinajstić information content (AvgIpc) is 2.89. The van der Waals surface area contributed by atoms with Gasteiger partial charge < -0.3 is 0 Å². The number of hydrogen-bond donors (Lipinski definition) is 0. The molecule has 0 saturated heterocycles. The van der Waals surface area contributed by atoms with Gasteiger partial charge in [0.1, 0.15) is 5.78 Å². The van der Waals surface area contributed by atoms with Crippen LogP contribution in [0.1, 0.15) is 105 Å². The van der Waals surface area contributed by atoms with Crippen LogP contribution in [0.25, 0.3) is 0 Å². The largest absolute Gasteiger partial charge is 0.299 e. The molecule has 1 nitrogen and oxygen atoms in total. The van der Waals surface area contributed by atoms with Crippen molar-refractivity contribution in [2.24, 2.45) is 52.3 Å². The molecule has 0 aromatic carbocycles. The number of rotatable bonds is 4. The number of carbonyl (C=O) groups excluding carboxylic acids is 1. The first-order chi connectivity index (χ1) is 12.8. The molecule has 154 valence electrons. The standard InChI is InChI=1S/C26H44O/c1-17(2)9-10-18(3)24-23(27)16-22-20-12-11-19-8-6-7-14-25(19,4)21(20)13-15-26(22,24)5/h17-22,24H,6-16H2,1-5H3/t18-,19-,20-,21+,22+,24+,25+,26+/m1/s1. The molecule has 8 atom stereocenters. The lowest BCUT2D eigenvalue weighted by Crippen LogP contribution is -2.53. The molecule has 4 aliphatic rings. The minimum absolute atomic E-state index is 0.298. The molecule has 0 heterocycles. The van der Waals surface area contributed by atoms with Crippen molar-refractivity contribution < 1.29 is 4.79 Å². The van der Waals surface area contributed by atoms with Crippen LogP contribution < -0.4 is 0 Å². The molecule has 4 aliphatic carbocycles. The lowest BCUT2D eigenvalue weighted by Gasteiger charge is -2.60. The van der Waals surface area contributed by atoms with Crippen molar-refractivity contribution >= 4 is 5.78 Å². The Morgan fingerprint density at radius 3 is 2.41 bits per heavy atom. The van der Waals surface area contributed by atoms with Gasteiger partial charge in [-0.1, -0.05) is 53.9 Å². The normalized spacial score (nSPS) is 48.1. The fourth-order valence-electron chi connectivity index (χ4n) is 8.86. The van der Waals surface area contributed by atoms with Gasteiger partial charge in [-0.2, -0.15) is 0 Å². The molecular formula is C26H44O. The Labute approximate surface area is 168 Å². The maximum absolute atomic E-state index is 13.3. The van der Waals surface area contributed by atoms with Gasteiger partial charge in [0.05, 0.1) is 0 Å². The minimum atomic E-state index is 0.298. The van der Waals surface area contributed by atoms with Crippen molar-refractivity contribution in [2.45, 2.75) is 105 Å². The summed E-state index contributed by atoms with van der Waals surface area (Å²) in [5.41, 5.74) is 0.888. The van der Waals surface area contributed by atoms with E-state index in [9.17, 15) is 4.79 Å². The number of carbonyl (C=O) groups is 1. The van der Waals surface area contributed by atoms with Gasteiger partial charge in [0.15, 0.2) is 0 Å². The smallest absolute Gasteiger partial charge is 0.137 e. The molecule has 1 heteroatoms. The van der Waals surface area contributed by atoms with E-state index in [0.29, 0.717) is 34.4 Å². The Morgan fingerprint density at radius 2 is 1.67 bits per heavy atom. The summed E-state index contributed by atoms with van der Waals surface area (Å²) in [5, 5.41) is 0. The third-order valence-electron chi connectivity index (χ3n) is 10.3. The summed E-state index contributed by atoms with van der Waals surface area (Å²) in [5.74, 6) is 5.73. The molecule has 0 bridgehead atoms. The minimum Gasteiger partial charge on any atom is -0.299 e. The van der Waals surface area contributed by atoms with E-state index in [1.165, 1.54) is 64.2 Å². The van der Waals surface area contributed by atoms with E-state index in [2.05, 4.69) is 34.6 Å². The number of Topliss-reactive ketones (excluding diaryl/α,β-unsaturated/α-hetero) is 1. The first-order valence-corrected chi connectivity index (χ1v) is 12.3. The van der Waals surface area contributed by atoms with Crippen LogP contribution in [-0.4, -0.2) is 5.78 Å². The van der Waals surface area contributed by atoms with Gasteiger partial charge in [-0.25, -0.2) is 0 Å². The lowest BCUT2D eigenvalue weighted by atomic mass is 9.44. The van der Waals surface area contributed by atoms with Gasteiger partial charge in [0, 0.05) is 12.3 Å². The second-order valence-electron chi connectivity index (χ2n) is 12.0. The number of ketones is 1. The third-order valence-corrected chi connectivity index (χ3v) is 10.3. The predicted octanol–water partition coefficient (Wildman–Crippen LogP) is 7.29. The van der Waals surface area contributed by atoms with Crippen LogP contribution in [0.15, 0.2) is 0 Å². The Morgan fingerprint density at radius 1 is 0.889 bits per heavy atom. The Balaban J connectivity index is 1.56. The molecule has 0 aromatic rings. The molecule has 0 aliphatic heterocycles. The topological polar surface area (TPSA) is 17.1 Å². The predicted molar refractivity (Wildman–Crippen MR) is 113 cm³/mol. The fourth-order valence-corrected chi connectivity index (χ4v) is 8.86. The summed E-state index contributed by atoms with van der Waals surface area (Å²) in [4.78, 5) is 13.3. The van der Waals surface area contributed by atoms with Crippen LogP contribution in [0, 0.1) is 52.3 Å². The van der Waals surface area contributed by atoms with E-state index < -0.39 is 0 Å². The molecule has 4 saturated carbocycles. The van der Waals surface area contributed by atoms with Gasteiger partial charge in [-0.3, -0.25) is 4.79 Å². The second-order valence-corrected chi connectivity index (χ2v) is 12.0. The Bertz CT molecular complexity index is 565. The maximum Gasteiger partial charge on any atom is 0.137 e. The van der Waals surface area contributed by atoms with Gasteiger partial charge in [0.25, 0.3) is 0 Å². The molecule has 27 heavy (non-hydrogen) atoms. The first-order valence-electron chi connectivity index (χ1n) is 12.3. The number of fused-ring (bicyclic) bond motifs is 5. The van der Waals surface area contributed by atoms with E-state index in [1.807, 2.05) is 0 Å². The Kier molecular flexibility index (Phi) is 5.30. The van der Waals surface area contributed by atoms with Gasteiger partial charge in [0.2, 0.25) is 0 Å². The van der Waals surface area contributed by atoms with Crippen LogP contribution in [0.2, 0.25) is 0 Å². The van der Waals surface area contributed by atoms with Crippen molar-refractivity contribution in [3.05, 3.63) is 0 Å². The van der Waals surface area contributed by atoms with Crippen LogP contribution in [0.5, 0.6) is 0 Å². The van der Waals surface area contributed by atoms with Crippen molar-refractivity contribution in [1.29, 1.82) is 0 Å². The zero-order valence-corrected chi connectivity index (χ0v) is 18.7. The Hall–Kier alpha value is -0.330. The average molecular weight is 373 g/mol. The molecule has 4 fully saturated rings. The van der Waals surface area contributed by atoms with Crippen LogP contribution >= 0.6 is 0 Å². The summed E-state index contributed by atoms with van der Waals surface area (Å²) in [7, 11) is 0. The highest BCUT2D eigenvalue weighted by atomic mass is 16.1. The maximum atomic E-state index is 13.3. The number of hydrogen-bond acceptors (Lipinski definition) is 1. The van der Waals surface area contributed by atoms with Crippen molar-refractivity contribution in [1.82, 2.24) is 0 Å². The highest BCUT2D eigenvalue weighted by molar-refractivity contribution is 5.85. The second kappa shape index (κ2) is 7.17. The van der Waals surface area contributed by atoms with Crippen LogP contribution in [0.3, 0.4) is 0 Å². The van der Waals surface area contributed by atoms with Gasteiger partial charge in [-0.05, 0) is 91.3 Å². The molecule has 0 N–H and O–H groups in total. The summed E-state index contributed by atoms with van der Waals surface area (Å²) in [6, 6.07) is 0. The van der Waals surface area contributed by atoms with Gasteiger partial charge >= 0.3 is 0 Å². The van der Waals surface area contributed by atoms with E-state index in [1.54, 1.807) is 0 Å². The van der Waals surface area contributed by atoms with E-state index in [0.717, 1.165) is 30.1 Å². The summed E-state index contributed by atoms with van der Waals surface area (Å²) < 4.78 is 0. The first kappa shape index (κ1) is 20.0. The van der Waals surface area contributed by atoms with Crippen LogP contribution in [0.4, 0.5) is 0 Å². The van der Waals surface area contributed by atoms with E-state index in [4.69, 9.17) is 0 Å². The van der Waals surface area contributed by atoms with E-state index >= 15 is 0 Å². The molecule has 0 spiro atoms. The van der Waals surface area contributed by atoms with Crippen molar-refractivity contribution in [2.75, 3.05) is 0 Å². The molecule has 0 aromatic heterocycles. The van der Waals surface area contributed by atoms with Crippen molar-refractivity contribution in [3.63, 3.8) is 0 Å². The van der Waals surface area contributed by atoms with Crippen LogP contribution in [-0.2, 0) is 4.79 Å². The monoisotopic (exact) mass is 372 g/mol. The zero-order chi connectivity index (χ0) is 19.4. The summed E-state index contributed by atoms with van der Waals surface area (Å²) in [6.07, 6.45) is 14.9. The van der Waals surface area contributed by atoms with Gasteiger partial charge in [-0.15, -0.1) is 0 Å². The quantitative estimate of drug-likeness (QED) is 0.506. The molecule has 4 rings (SSSR count). The molecule has 0 radical (unpaired) electrons. The van der Waals surface area contributed by atoms with Crippen molar-refractivity contribution in [3.8, 4) is 0 Å². The highest BCUT2D eigenvalue weighted by Gasteiger charge is 2.62. The van der Waals surface area contributed by atoms with E-state index in [-0.39, 0.29) is 0 Å². The highest BCUT2D eigenvalue weighted by Crippen LogP contribution is 2.67. The zero-order valence-electron chi connectivity index (χ0n) is 18.7. The SMILES string of the molecule is CC(C)CC[C@@H](C)[C@H]1C(=O)C[C@H]2[C@@H]3CC[C@H]4CCCC[C@]4(C)[C@H]3CC[C@]12C. The lowest BCUT2D eigenvalue weighted by molar-refractivity contribution is -0.126. The molecule has 0 amide bonds. The fraction of sp³-hybridized carbons (Fsp3) is 0.962. The summed E-state index contributed by atoms with van der Waals surface area (Å²) in [6.45, 7) is 12.2. The molecular weight excluding hydrogens is 328 g/mol. The summed E-state index contributed by atoms with van der Waals surface area (Å²) >= 11 is 0.